The van der Waals surface area contributed by atoms with Crippen molar-refractivity contribution in [3.8, 4) is 22.3 Å². The summed E-state index contributed by atoms with van der Waals surface area (Å²) in [4.78, 5) is 2.39. The molecular weight excluding hydrogens is 550 g/mol. The van der Waals surface area contributed by atoms with Crippen molar-refractivity contribution in [1.82, 2.24) is 0 Å². The van der Waals surface area contributed by atoms with Crippen LogP contribution in [0.25, 0.3) is 66.1 Å². The second-order valence-corrected chi connectivity index (χ2v) is 11.3. The molecule has 0 aliphatic carbocycles. The molecule has 9 rings (SSSR count). The average Bonchev–Trinajstić information content (AvgIpc) is 3.68. The second-order valence-electron chi connectivity index (χ2n) is 11.3. The van der Waals surface area contributed by atoms with Gasteiger partial charge in [-0.2, -0.15) is 0 Å². The highest BCUT2D eigenvalue weighted by molar-refractivity contribution is 6.15. The van der Waals surface area contributed by atoms with E-state index in [-0.39, 0.29) is 0 Å². The molecule has 0 unspecified atom stereocenters. The lowest BCUT2D eigenvalue weighted by molar-refractivity contribution is 0.669. The van der Waals surface area contributed by atoms with Gasteiger partial charge in [0.25, 0.3) is 0 Å². The van der Waals surface area contributed by atoms with Crippen LogP contribution in [0, 0.1) is 0 Å². The summed E-state index contributed by atoms with van der Waals surface area (Å²) in [7, 11) is 0. The van der Waals surface area contributed by atoms with Crippen molar-refractivity contribution >= 4 is 60.9 Å². The topological polar surface area (TPSA) is 29.5 Å². The first-order valence-electron chi connectivity index (χ1n) is 15.2. The van der Waals surface area contributed by atoms with Crippen molar-refractivity contribution in [2.45, 2.75) is 0 Å². The minimum Gasteiger partial charge on any atom is -0.456 e. The summed E-state index contributed by atoms with van der Waals surface area (Å²) < 4.78 is 13.0. The molecule has 9 aromatic rings. The summed E-state index contributed by atoms with van der Waals surface area (Å²) in [5.74, 6) is 0. The molecule has 3 nitrogen and oxygen atoms in total. The first-order valence-corrected chi connectivity index (χ1v) is 15.2. The van der Waals surface area contributed by atoms with Gasteiger partial charge in [0.15, 0.2) is 0 Å². The molecule has 0 amide bonds. The van der Waals surface area contributed by atoms with E-state index in [1.807, 2.05) is 24.3 Å². The van der Waals surface area contributed by atoms with E-state index in [0.717, 1.165) is 83.2 Å². The fourth-order valence-corrected chi connectivity index (χ4v) is 6.72. The molecule has 0 bridgehead atoms. The minimum absolute atomic E-state index is 0.854. The summed E-state index contributed by atoms with van der Waals surface area (Å²) >= 11 is 0. The highest BCUT2D eigenvalue weighted by Gasteiger charge is 2.25. The molecule has 212 valence electrons. The SMILES string of the molecule is c1ccc(-c2ccccc2N(c2ccccc2-c2cccc3c2oc2ccccc23)c2cccc3oc4ccccc4c23)cc1. The summed E-state index contributed by atoms with van der Waals surface area (Å²) in [6.45, 7) is 0. The number of benzene rings is 7. The van der Waals surface area contributed by atoms with Gasteiger partial charge in [0.05, 0.1) is 22.4 Å². The number of furan rings is 2. The van der Waals surface area contributed by atoms with Gasteiger partial charge in [-0.15, -0.1) is 0 Å². The smallest absolute Gasteiger partial charge is 0.143 e. The van der Waals surface area contributed by atoms with E-state index in [1.165, 1.54) is 0 Å². The van der Waals surface area contributed by atoms with E-state index in [4.69, 9.17) is 8.83 Å². The van der Waals surface area contributed by atoms with Crippen molar-refractivity contribution in [2.24, 2.45) is 0 Å². The van der Waals surface area contributed by atoms with Gasteiger partial charge in [-0.05, 0) is 42.0 Å². The lowest BCUT2D eigenvalue weighted by atomic mass is 9.97. The minimum atomic E-state index is 0.854. The van der Waals surface area contributed by atoms with Gasteiger partial charge in [0.2, 0.25) is 0 Å². The lowest BCUT2D eigenvalue weighted by Gasteiger charge is -2.30. The third-order valence-corrected chi connectivity index (χ3v) is 8.69. The Kier molecular flexibility index (Phi) is 5.82. The van der Waals surface area contributed by atoms with Gasteiger partial charge in [-0.25, -0.2) is 0 Å². The predicted octanol–water partition coefficient (Wildman–Crippen LogP) is 12.3. The molecule has 0 saturated heterocycles. The van der Waals surface area contributed by atoms with Crippen molar-refractivity contribution in [3.05, 3.63) is 164 Å². The quantitative estimate of drug-likeness (QED) is 0.204. The van der Waals surface area contributed by atoms with Gasteiger partial charge in [-0.1, -0.05) is 127 Å². The van der Waals surface area contributed by atoms with Gasteiger partial charge in [0.1, 0.15) is 22.3 Å². The summed E-state index contributed by atoms with van der Waals surface area (Å²) in [6, 6.07) is 57.2. The monoisotopic (exact) mass is 577 g/mol. The van der Waals surface area contributed by atoms with Crippen LogP contribution < -0.4 is 4.90 Å². The number of hydrogen-bond acceptors (Lipinski definition) is 3. The van der Waals surface area contributed by atoms with E-state index in [1.54, 1.807) is 0 Å². The normalized spacial score (nSPS) is 11.6. The van der Waals surface area contributed by atoms with Crippen LogP contribution in [0.15, 0.2) is 173 Å². The zero-order valence-corrected chi connectivity index (χ0v) is 24.4. The Balaban J connectivity index is 1.38. The second kappa shape index (κ2) is 10.3. The van der Waals surface area contributed by atoms with Crippen LogP contribution in [0.4, 0.5) is 17.1 Å². The van der Waals surface area contributed by atoms with Crippen molar-refractivity contribution in [2.75, 3.05) is 4.90 Å². The van der Waals surface area contributed by atoms with Crippen molar-refractivity contribution in [3.63, 3.8) is 0 Å². The molecule has 0 atom stereocenters. The Hall–Kier alpha value is -6.06. The van der Waals surface area contributed by atoms with E-state index in [0.29, 0.717) is 0 Å². The summed E-state index contributed by atoms with van der Waals surface area (Å²) in [5.41, 5.74) is 11.1. The highest BCUT2D eigenvalue weighted by Crippen LogP contribution is 2.49. The Bertz CT molecular complexity index is 2500. The maximum Gasteiger partial charge on any atom is 0.143 e. The van der Waals surface area contributed by atoms with Crippen LogP contribution in [-0.2, 0) is 0 Å². The Morgan fingerprint density at radius 2 is 0.867 bits per heavy atom. The molecule has 2 aromatic heterocycles. The fraction of sp³-hybridized carbons (Fsp3) is 0. The maximum absolute atomic E-state index is 6.56. The molecule has 0 spiro atoms. The van der Waals surface area contributed by atoms with E-state index in [2.05, 4.69) is 144 Å². The molecule has 0 fully saturated rings. The van der Waals surface area contributed by atoms with Gasteiger partial charge < -0.3 is 13.7 Å². The molecule has 3 heteroatoms. The third-order valence-electron chi connectivity index (χ3n) is 8.69. The fourth-order valence-electron chi connectivity index (χ4n) is 6.72. The number of para-hydroxylation sites is 5. The highest BCUT2D eigenvalue weighted by atomic mass is 16.3. The molecule has 0 radical (unpaired) electrons. The largest absolute Gasteiger partial charge is 0.456 e. The number of rotatable bonds is 5. The molecule has 0 N–H and O–H groups in total. The Morgan fingerprint density at radius 3 is 1.69 bits per heavy atom. The summed E-state index contributed by atoms with van der Waals surface area (Å²) in [6.07, 6.45) is 0. The first-order chi connectivity index (χ1) is 22.3. The van der Waals surface area contributed by atoms with Gasteiger partial charge in [0, 0.05) is 32.8 Å². The standard InChI is InChI=1S/C42H27NO2/c1-2-14-28(15-3-1)29-16-4-8-22-35(29)43(37-24-13-27-40-41(37)34-19-7-11-26-39(34)44-40)36-23-9-5-17-30(36)32-20-12-21-33-31-18-6-10-25-38(31)45-42(32)33/h1-27H. The average molecular weight is 578 g/mol. The molecule has 0 aliphatic rings. The summed E-state index contributed by atoms with van der Waals surface area (Å²) in [5, 5.41) is 4.39. The molecule has 0 saturated carbocycles. The number of hydrogen-bond donors (Lipinski definition) is 0. The molecule has 7 aromatic carbocycles. The molecule has 0 aliphatic heterocycles. The zero-order valence-electron chi connectivity index (χ0n) is 24.4. The van der Waals surface area contributed by atoms with E-state index < -0.39 is 0 Å². The zero-order chi connectivity index (χ0) is 29.7. The van der Waals surface area contributed by atoms with Crippen molar-refractivity contribution in [1.29, 1.82) is 0 Å². The van der Waals surface area contributed by atoms with Crippen LogP contribution in [-0.4, -0.2) is 0 Å². The van der Waals surface area contributed by atoms with Crippen LogP contribution in [0.5, 0.6) is 0 Å². The van der Waals surface area contributed by atoms with Crippen LogP contribution in [0.3, 0.4) is 0 Å². The number of anilines is 3. The third kappa shape index (κ3) is 4.05. The lowest BCUT2D eigenvalue weighted by Crippen LogP contribution is -2.12. The molecule has 2 heterocycles. The Labute approximate surface area is 260 Å². The van der Waals surface area contributed by atoms with Crippen LogP contribution in [0.2, 0.25) is 0 Å². The predicted molar refractivity (Wildman–Crippen MR) is 187 cm³/mol. The number of nitrogens with zero attached hydrogens (tertiary/aromatic N) is 1. The van der Waals surface area contributed by atoms with Crippen molar-refractivity contribution < 1.29 is 8.83 Å². The van der Waals surface area contributed by atoms with E-state index >= 15 is 0 Å². The first kappa shape index (κ1) is 25.4. The van der Waals surface area contributed by atoms with Gasteiger partial charge >= 0.3 is 0 Å². The Morgan fingerprint density at radius 1 is 0.333 bits per heavy atom. The van der Waals surface area contributed by atoms with Crippen LogP contribution in [0.1, 0.15) is 0 Å². The van der Waals surface area contributed by atoms with E-state index in [9.17, 15) is 0 Å². The number of fused-ring (bicyclic) bond motifs is 6. The molecule has 45 heavy (non-hydrogen) atoms. The molecular formula is C42H27NO2. The maximum atomic E-state index is 6.56. The van der Waals surface area contributed by atoms with Crippen LogP contribution >= 0.6 is 0 Å². The van der Waals surface area contributed by atoms with Gasteiger partial charge in [-0.3, -0.25) is 0 Å².